The molecule has 0 unspecified atom stereocenters. The minimum atomic E-state index is -2.89. The van der Waals surface area contributed by atoms with Gasteiger partial charge in [0.1, 0.15) is 11.5 Å². The van der Waals surface area contributed by atoms with Gasteiger partial charge in [-0.25, -0.2) is 4.79 Å². The zero-order valence-electron chi connectivity index (χ0n) is 17.5. The normalized spacial score (nSPS) is 18.9. The Morgan fingerprint density at radius 2 is 1.57 bits per heavy atom. The maximum atomic E-state index is 12.3. The van der Waals surface area contributed by atoms with Gasteiger partial charge in [-0.15, -0.1) is 0 Å². The van der Waals surface area contributed by atoms with Crippen molar-refractivity contribution in [3.05, 3.63) is 59.7 Å². The second kappa shape index (κ2) is 11.1. The number of unbranched alkanes of at least 4 members (excludes halogenated alkanes) is 2. The van der Waals surface area contributed by atoms with Crippen molar-refractivity contribution in [1.29, 1.82) is 0 Å². The molecule has 5 heteroatoms. The van der Waals surface area contributed by atoms with Gasteiger partial charge in [0.15, 0.2) is 0 Å². The summed E-state index contributed by atoms with van der Waals surface area (Å²) in [5.41, 5.74) is 1.58. The van der Waals surface area contributed by atoms with Gasteiger partial charge in [-0.3, -0.25) is 0 Å². The highest BCUT2D eigenvalue weighted by Crippen LogP contribution is 2.38. The van der Waals surface area contributed by atoms with Crippen LogP contribution in [0.3, 0.4) is 0 Å². The maximum Gasteiger partial charge on any atom is 0.387 e. The highest BCUT2D eigenvalue weighted by molar-refractivity contribution is 5.91. The first-order chi connectivity index (χ1) is 14.5. The SMILES string of the molecule is CCCCCC1CCC(c2ccc(OC(=O)c3ccc(OC(F)F)cc3)cc2)CC1. The van der Waals surface area contributed by atoms with Gasteiger partial charge in [-0.2, -0.15) is 8.78 Å². The van der Waals surface area contributed by atoms with Crippen molar-refractivity contribution < 1.29 is 23.0 Å². The summed E-state index contributed by atoms with van der Waals surface area (Å²) in [7, 11) is 0. The number of halogens is 2. The van der Waals surface area contributed by atoms with Crippen LogP contribution >= 0.6 is 0 Å². The van der Waals surface area contributed by atoms with E-state index in [1.54, 1.807) is 0 Å². The molecule has 1 aliphatic carbocycles. The lowest BCUT2D eigenvalue weighted by Gasteiger charge is -2.29. The summed E-state index contributed by atoms with van der Waals surface area (Å²) >= 11 is 0. The molecule has 2 aromatic rings. The van der Waals surface area contributed by atoms with Crippen molar-refractivity contribution in [2.75, 3.05) is 0 Å². The molecule has 0 atom stereocenters. The molecule has 3 nitrogen and oxygen atoms in total. The first-order valence-electron chi connectivity index (χ1n) is 10.9. The molecule has 1 saturated carbocycles. The molecule has 0 aromatic heterocycles. The lowest BCUT2D eigenvalue weighted by atomic mass is 9.77. The summed E-state index contributed by atoms with van der Waals surface area (Å²) in [5, 5.41) is 0. The van der Waals surface area contributed by atoms with E-state index >= 15 is 0 Å². The lowest BCUT2D eigenvalue weighted by molar-refractivity contribution is -0.0498. The number of hydrogen-bond acceptors (Lipinski definition) is 3. The van der Waals surface area contributed by atoms with Gasteiger partial charge in [-0.1, -0.05) is 44.7 Å². The van der Waals surface area contributed by atoms with E-state index < -0.39 is 12.6 Å². The fourth-order valence-electron chi connectivity index (χ4n) is 4.21. The Labute approximate surface area is 177 Å². The van der Waals surface area contributed by atoms with Gasteiger partial charge >= 0.3 is 12.6 Å². The van der Waals surface area contributed by atoms with Crippen LogP contribution in [0.5, 0.6) is 11.5 Å². The summed E-state index contributed by atoms with van der Waals surface area (Å²) in [6.45, 7) is -0.642. The molecule has 0 spiro atoms. The second-order valence-corrected chi connectivity index (χ2v) is 8.07. The van der Waals surface area contributed by atoms with E-state index in [1.165, 1.54) is 81.2 Å². The molecule has 0 saturated heterocycles. The quantitative estimate of drug-likeness (QED) is 0.243. The summed E-state index contributed by atoms with van der Waals surface area (Å²) in [5.74, 6) is 1.42. The predicted octanol–water partition coefficient (Wildman–Crippen LogP) is 7.36. The first kappa shape index (κ1) is 22.3. The molecule has 162 valence electrons. The third-order valence-electron chi connectivity index (χ3n) is 5.94. The monoisotopic (exact) mass is 416 g/mol. The van der Waals surface area contributed by atoms with E-state index in [9.17, 15) is 13.6 Å². The van der Waals surface area contributed by atoms with Crippen molar-refractivity contribution >= 4 is 5.97 Å². The molecule has 30 heavy (non-hydrogen) atoms. The average molecular weight is 417 g/mol. The number of alkyl halides is 2. The summed E-state index contributed by atoms with van der Waals surface area (Å²) < 4.78 is 34.1. The largest absolute Gasteiger partial charge is 0.435 e. The molecule has 0 bridgehead atoms. The molecular weight excluding hydrogens is 386 g/mol. The van der Waals surface area contributed by atoms with Crippen LogP contribution in [0, 0.1) is 5.92 Å². The minimum Gasteiger partial charge on any atom is -0.435 e. The van der Waals surface area contributed by atoms with Crippen LogP contribution in [0.2, 0.25) is 0 Å². The van der Waals surface area contributed by atoms with E-state index in [1.807, 2.05) is 24.3 Å². The van der Waals surface area contributed by atoms with Crippen molar-refractivity contribution in [3.63, 3.8) is 0 Å². The van der Waals surface area contributed by atoms with Crippen LogP contribution in [0.4, 0.5) is 8.78 Å². The van der Waals surface area contributed by atoms with Gasteiger partial charge in [0.25, 0.3) is 0 Å². The molecule has 1 fully saturated rings. The van der Waals surface area contributed by atoms with Gasteiger partial charge < -0.3 is 9.47 Å². The van der Waals surface area contributed by atoms with Gasteiger partial charge in [0, 0.05) is 0 Å². The standard InChI is InChI=1S/C25H30F2O3/c1-2-3-4-5-18-6-8-19(9-7-18)20-10-14-22(15-11-20)29-24(28)21-12-16-23(17-13-21)30-25(26)27/h10-19,25H,2-9H2,1H3. The fraction of sp³-hybridized carbons (Fsp3) is 0.480. The predicted molar refractivity (Wildman–Crippen MR) is 113 cm³/mol. The van der Waals surface area contributed by atoms with Crippen LogP contribution in [0.25, 0.3) is 0 Å². The number of benzene rings is 2. The number of carbonyl (C=O) groups is 1. The van der Waals surface area contributed by atoms with Crippen LogP contribution in [-0.2, 0) is 0 Å². The molecule has 0 N–H and O–H groups in total. The Bertz CT molecular complexity index is 779. The summed E-state index contributed by atoms with van der Waals surface area (Å²) in [6.07, 6.45) is 10.4. The molecule has 2 aromatic carbocycles. The smallest absolute Gasteiger partial charge is 0.387 e. The Morgan fingerprint density at radius 3 is 2.17 bits per heavy atom. The molecule has 0 heterocycles. The Balaban J connectivity index is 1.49. The van der Waals surface area contributed by atoms with E-state index in [0.717, 1.165) is 5.92 Å². The zero-order chi connectivity index (χ0) is 21.3. The van der Waals surface area contributed by atoms with E-state index in [4.69, 9.17) is 4.74 Å². The van der Waals surface area contributed by atoms with Crippen molar-refractivity contribution in [1.82, 2.24) is 0 Å². The topological polar surface area (TPSA) is 35.5 Å². The van der Waals surface area contributed by atoms with Gasteiger partial charge in [0.05, 0.1) is 5.56 Å². The number of esters is 1. The molecule has 0 radical (unpaired) electrons. The molecule has 1 aliphatic rings. The van der Waals surface area contributed by atoms with E-state index in [-0.39, 0.29) is 11.3 Å². The lowest BCUT2D eigenvalue weighted by Crippen LogP contribution is -2.13. The van der Waals surface area contributed by atoms with E-state index in [0.29, 0.717) is 11.7 Å². The van der Waals surface area contributed by atoms with Crippen molar-refractivity contribution in [2.24, 2.45) is 5.92 Å². The number of carbonyl (C=O) groups excluding carboxylic acids is 1. The molecule has 0 aliphatic heterocycles. The third kappa shape index (κ3) is 6.54. The van der Waals surface area contributed by atoms with E-state index in [2.05, 4.69) is 11.7 Å². The number of hydrogen-bond donors (Lipinski definition) is 0. The van der Waals surface area contributed by atoms with Gasteiger partial charge in [0.2, 0.25) is 0 Å². The molecular formula is C25H30F2O3. The highest BCUT2D eigenvalue weighted by Gasteiger charge is 2.22. The second-order valence-electron chi connectivity index (χ2n) is 8.07. The highest BCUT2D eigenvalue weighted by atomic mass is 19.3. The van der Waals surface area contributed by atoms with Crippen molar-refractivity contribution in [2.45, 2.75) is 70.8 Å². The maximum absolute atomic E-state index is 12.3. The van der Waals surface area contributed by atoms with Crippen molar-refractivity contribution in [3.8, 4) is 11.5 Å². The van der Waals surface area contributed by atoms with Crippen LogP contribution in [0.1, 0.15) is 80.1 Å². The Kier molecular flexibility index (Phi) is 8.23. The minimum absolute atomic E-state index is 0.00554. The summed E-state index contributed by atoms with van der Waals surface area (Å²) in [4.78, 5) is 12.3. The van der Waals surface area contributed by atoms with Crippen LogP contribution in [0.15, 0.2) is 48.5 Å². The Morgan fingerprint density at radius 1 is 0.933 bits per heavy atom. The zero-order valence-corrected chi connectivity index (χ0v) is 17.5. The fourth-order valence-corrected chi connectivity index (χ4v) is 4.21. The van der Waals surface area contributed by atoms with Crippen LogP contribution in [-0.4, -0.2) is 12.6 Å². The van der Waals surface area contributed by atoms with Crippen LogP contribution < -0.4 is 9.47 Å². The first-order valence-corrected chi connectivity index (χ1v) is 10.9. The Hall–Kier alpha value is -2.43. The summed E-state index contributed by atoms with van der Waals surface area (Å²) in [6, 6.07) is 13.2. The molecule has 3 rings (SSSR count). The third-order valence-corrected chi connectivity index (χ3v) is 5.94. The number of ether oxygens (including phenoxy) is 2. The number of rotatable bonds is 9. The molecule has 0 amide bonds. The van der Waals surface area contributed by atoms with Gasteiger partial charge in [-0.05, 0) is 79.5 Å². The average Bonchev–Trinajstić information content (AvgIpc) is 2.75.